The Balaban J connectivity index is 0.00000432. The Morgan fingerprint density at radius 1 is 0.543 bits per heavy atom. The Morgan fingerprint density at radius 2 is 0.829 bits per heavy atom. The van der Waals surface area contributed by atoms with Crippen molar-refractivity contribution >= 4 is 32.2 Å². The number of hydrogen-bond acceptors (Lipinski definition) is 2. The molecule has 0 bridgehead atoms. The fraction of sp³-hybridized carbons (Fsp3) is 0.174. The fourth-order valence-electron chi connectivity index (χ4n) is 3.08. The molecule has 3 rings (SSSR count). The molecule has 0 spiro atoms. The van der Waals surface area contributed by atoms with E-state index in [1.807, 2.05) is 0 Å². The van der Waals surface area contributed by atoms with Gasteiger partial charge < -0.3 is 4.74 Å². The summed E-state index contributed by atoms with van der Waals surface area (Å²) in [6.45, 7) is 0. The van der Waals surface area contributed by atoms with Crippen molar-refractivity contribution < 1.29 is 49.0 Å². The van der Waals surface area contributed by atoms with Gasteiger partial charge >= 0.3 is 50.7 Å². The van der Waals surface area contributed by atoms with Crippen molar-refractivity contribution in [2.75, 3.05) is 0 Å². The zero-order valence-corrected chi connectivity index (χ0v) is 22.9. The predicted octanol–water partition coefficient (Wildman–Crippen LogP) is 6.30. The molecule has 0 aliphatic carbocycles. The number of rotatable bonds is 4. The second-order valence-corrected chi connectivity index (χ2v) is 7.12. The van der Waals surface area contributed by atoms with Crippen molar-refractivity contribution in [1.29, 1.82) is 0 Å². The summed E-state index contributed by atoms with van der Waals surface area (Å²) < 4.78 is 121. The van der Waals surface area contributed by atoms with Crippen molar-refractivity contribution in [3.8, 4) is 5.75 Å². The van der Waals surface area contributed by atoms with E-state index < -0.39 is 47.1 Å². The average Bonchev–Trinajstić information content (AvgIpc) is 2.73. The van der Waals surface area contributed by atoms with E-state index in [0.717, 1.165) is 36.4 Å². The van der Waals surface area contributed by atoms with Crippen LogP contribution in [0.3, 0.4) is 0 Å². The van der Waals surface area contributed by atoms with E-state index in [9.17, 15) is 44.3 Å². The van der Waals surface area contributed by atoms with E-state index in [2.05, 4.69) is 0 Å². The number of ether oxygens (including phenoxy) is 1. The molecular formula is C23H16BiF9O2. The first kappa shape index (κ1) is 28.6. The first-order chi connectivity index (χ1) is 15.7. The molecule has 3 aromatic rings. The number of benzene rings is 3. The molecule has 0 fully saturated rings. The van der Waals surface area contributed by atoms with Crippen LogP contribution in [-0.2, 0) is 23.3 Å². The van der Waals surface area contributed by atoms with Gasteiger partial charge in [0.25, 0.3) is 0 Å². The van der Waals surface area contributed by atoms with Crippen LogP contribution in [0.4, 0.5) is 39.5 Å². The number of esters is 1. The Morgan fingerprint density at radius 3 is 1.11 bits per heavy atom. The molecule has 0 atom stereocenters. The van der Waals surface area contributed by atoms with Gasteiger partial charge in [-0.15, -0.1) is 0 Å². The zero-order chi connectivity index (χ0) is 25.3. The summed E-state index contributed by atoms with van der Waals surface area (Å²) in [4.78, 5) is 12.9. The molecule has 188 valence electrons. The van der Waals surface area contributed by atoms with Crippen LogP contribution in [0.2, 0.25) is 0 Å². The second-order valence-electron chi connectivity index (χ2n) is 7.12. The van der Waals surface area contributed by atoms with Crippen LogP contribution < -0.4 is 4.74 Å². The van der Waals surface area contributed by atoms with Crippen LogP contribution in [0.15, 0.2) is 72.8 Å². The molecule has 35 heavy (non-hydrogen) atoms. The quantitative estimate of drug-likeness (QED) is 0.138. The van der Waals surface area contributed by atoms with Crippen molar-refractivity contribution in [3.05, 3.63) is 101 Å². The molecule has 0 aliphatic heterocycles. The molecule has 0 radical (unpaired) electrons. The predicted molar refractivity (Wildman–Crippen MR) is 112 cm³/mol. The van der Waals surface area contributed by atoms with Crippen molar-refractivity contribution in [1.82, 2.24) is 0 Å². The zero-order valence-electron chi connectivity index (χ0n) is 17.4. The summed E-state index contributed by atoms with van der Waals surface area (Å²) in [5, 5.41) is 0. The normalized spacial score (nSPS) is 12.3. The van der Waals surface area contributed by atoms with Crippen molar-refractivity contribution in [2.45, 2.75) is 24.4 Å². The fourth-order valence-corrected chi connectivity index (χ4v) is 3.08. The molecular weight excluding hydrogens is 688 g/mol. The number of hydrogen-bond donors (Lipinski definition) is 0. The second kappa shape index (κ2) is 10.6. The topological polar surface area (TPSA) is 26.3 Å². The van der Waals surface area contributed by atoms with E-state index in [-0.39, 0.29) is 43.1 Å². The van der Waals surface area contributed by atoms with Gasteiger partial charge in [0.05, 0.1) is 16.7 Å². The van der Waals surface area contributed by atoms with Gasteiger partial charge in [0.15, 0.2) is 0 Å². The van der Waals surface area contributed by atoms with Crippen LogP contribution in [0, 0.1) is 0 Å². The Labute approximate surface area is 211 Å². The summed E-state index contributed by atoms with van der Waals surface area (Å²) in [5.74, 6) is -2.85. The summed E-state index contributed by atoms with van der Waals surface area (Å²) in [5.41, 5.74) is -3.08. The molecule has 0 unspecified atom stereocenters. The van der Waals surface area contributed by atoms with Gasteiger partial charge in [-0.25, -0.2) is 0 Å². The van der Waals surface area contributed by atoms with Gasteiger partial charge in [-0.1, -0.05) is 24.3 Å². The number of carbonyl (C=O) groups excluding carboxylic acids is 1. The molecule has 2 nitrogen and oxygen atoms in total. The molecule has 3 aromatic carbocycles. The maximum atomic E-state index is 12.9. The number of alkyl halides is 9. The van der Waals surface area contributed by atoms with E-state index in [4.69, 9.17) is 4.74 Å². The van der Waals surface area contributed by atoms with Crippen LogP contribution in [0.5, 0.6) is 5.75 Å². The van der Waals surface area contributed by atoms with Crippen molar-refractivity contribution in [3.63, 3.8) is 0 Å². The summed E-state index contributed by atoms with van der Waals surface area (Å²) in [6.07, 6.45) is -14.0. The van der Waals surface area contributed by atoms with Crippen LogP contribution in [0.1, 0.15) is 33.7 Å². The Kier molecular flexibility index (Phi) is 8.63. The monoisotopic (exact) mass is 704 g/mol. The summed E-state index contributed by atoms with van der Waals surface area (Å²) >= 11 is 0. The minimum atomic E-state index is -4.66. The maximum absolute atomic E-state index is 12.9. The van der Waals surface area contributed by atoms with E-state index >= 15 is 0 Å². The molecule has 0 aromatic heterocycles. The third kappa shape index (κ3) is 7.19. The van der Waals surface area contributed by atoms with Gasteiger partial charge in [0, 0.05) is 0 Å². The molecule has 0 N–H and O–H groups in total. The number of halogens is 9. The molecule has 0 saturated heterocycles. The summed E-state index contributed by atoms with van der Waals surface area (Å²) in [6, 6.07) is 9.72. The van der Waals surface area contributed by atoms with E-state index in [0.29, 0.717) is 36.4 Å². The molecule has 12 heteroatoms. The Hall–Kier alpha value is -2.62. The van der Waals surface area contributed by atoms with Crippen molar-refractivity contribution in [2.24, 2.45) is 0 Å². The minimum absolute atomic E-state index is 0. The molecule has 0 aliphatic rings. The Bertz CT molecular complexity index is 1080. The van der Waals surface area contributed by atoms with Crippen LogP contribution in [0.25, 0.3) is 0 Å². The van der Waals surface area contributed by atoms with Gasteiger partial charge in [0.2, 0.25) is 0 Å². The van der Waals surface area contributed by atoms with E-state index in [1.165, 1.54) is 0 Å². The van der Waals surface area contributed by atoms with Gasteiger partial charge in [-0.05, 0) is 59.7 Å². The van der Waals surface area contributed by atoms with Gasteiger partial charge in [0.1, 0.15) is 11.7 Å². The molecule has 0 amide bonds. The third-order valence-electron chi connectivity index (χ3n) is 4.78. The van der Waals surface area contributed by atoms with Crippen LogP contribution in [-0.4, -0.2) is 32.2 Å². The van der Waals surface area contributed by atoms with Gasteiger partial charge in [-0.3, -0.25) is 4.79 Å². The van der Waals surface area contributed by atoms with E-state index in [1.54, 1.807) is 0 Å². The molecule has 0 heterocycles. The van der Waals surface area contributed by atoms with Crippen LogP contribution >= 0.6 is 0 Å². The summed E-state index contributed by atoms with van der Waals surface area (Å²) in [7, 11) is 0. The van der Waals surface area contributed by atoms with Gasteiger partial charge in [-0.2, -0.15) is 39.5 Å². The first-order valence-corrected chi connectivity index (χ1v) is 9.39. The number of carbonyl (C=O) groups is 1. The molecule has 0 saturated carbocycles. The standard InChI is InChI=1S/C23H13F9O2.Bi.3H/c24-21(25,26)15-5-1-13(2-6-15)19(14-3-7-16(8-4-14)22(27,28)29)20(33)34-18-11-9-17(10-12-18)23(30,31)32;;;;/h1-12,19H;;;;. The first-order valence-electron chi connectivity index (χ1n) is 9.39. The third-order valence-corrected chi connectivity index (χ3v) is 4.78. The SMILES string of the molecule is O=C(Oc1ccc(C(F)(F)F)cc1)C(c1ccc(C(F)(F)F)cc1)c1ccc(C(F)(F)F)cc1.[BiH3]. The average molecular weight is 704 g/mol.